The molecule has 0 aromatic rings. The molecule has 4 fully saturated rings. The van der Waals surface area contributed by atoms with E-state index in [2.05, 4.69) is 13.8 Å². The fourth-order valence-corrected chi connectivity index (χ4v) is 7.71. The molecule has 1 unspecified atom stereocenters. The van der Waals surface area contributed by atoms with Gasteiger partial charge in [0.1, 0.15) is 0 Å². The molecule has 4 aliphatic carbocycles. The monoisotopic (exact) mass is 276 g/mol. The average Bonchev–Trinajstić information content (AvgIpc) is 2.74. The molecular formula is C19H32O. The number of hydrogen-bond donors (Lipinski definition) is 1. The average molecular weight is 276 g/mol. The van der Waals surface area contributed by atoms with E-state index in [1.54, 1.807) is 6.42 Å². The number of rotatable bonds is 1. The molecule has 1 heteroatoms. The largest absolute Gasteiger partial charge is 0.396 e. The van der Waals surface area contributed by atoms with E-state index in [0.29, 0.717) is 12.0 Å². The van der Waals surface area contributed by atoms with Crippen LogP contribution in [0.25, 0.3) is 0 Å². The maximum absolute atomic E-state index is 10.0. The van der Waals surface area contributed by atoms with Crippen LogP contribution in [0.5, 0.6) is 0 Å². The summed E-state index contributed by atoms with van der Waals surface area (Å²) in [6, 6.07) is 0. The first-order chi connectivity index (χ1) is 9.52. The minimum absolute atomic E-state index is 0.212. The Bertz CT molecular complexity index is 405. The lowest BCUT2D eigenvalue weighted by Gasteiger charge is -2.64. The Morgan fingerprint density at radius 3 is 2.50 bits per heavy atom. The Labute approximate surface area is 124 Å². The summed E-state index contributed by atoms with van der Waals surface area (Å²) in [5.41, 5.74) is 1.47. The maximum Gasteiger partial charge on any atom is 0.0487 e. The lowest BCUT2D eigenvalue weighted by atomic mass is 9.41. The number of aliphatic hydroxyl groups excluding tert-OH is 1. The highest BCUT2D eigenvalue weighted by atomic mass is 16.3. The van der Waals surface area contributed by atoms with Crippen molar-refractivity contribution in [2.45, 2.75) is 78.1 Å². The third-order valence-corrected chi connectivity index (χ3v) is 8.54. The van der Waals surface area contributed by atoms with Crippen LogP contribution >= 0.6 is 0 Å². The van der Waals surface area contributed by atoms with E-state index >= 15 is 0 Å². The van der Waals surface area contributed by atoms with Crippen LogP contribution < -0.4 is 0 Å². The van der Waals surface area contributed by atoms with Crippen molar-refractivity contribution in [3.63, 3.8) is 0 Å². The van der Waals surface area contributed by atoms with Gasteiger partial charge in [0, 0.05) is 6.61 Å². The molecule has 1 nitrogen and oxygen atoms in total. The first-order valence-electron chi connectivity index (χ1n) is 9.13. The lowest BCUT2D eigenvalue weighted by molar-refractivity contribution is -0.159. The van der Waals surface area contributed by atoms with Crippen molar-refractivity contribution in [3.05, 3.63) is 0 Å². The van der Waals surface area contributed by atoms with Crippen molar-refractivity contribution in [2.75, 3.05) is 6.61 Å². The molecule has 0 saturated heterocycles. The van der Waals surface area contributed by atoms with Crippen molar-refractivity contribution < 1.29 is 5.11 Å². The molecule has 6 atom stereocenters. The number of hydrogen-bond acceptors (Lipinski definition) is 1. The highest BCUT2D eigenvalue weighted by Crippen LogP contribution is 2.71. The molecule has 0 aromatic carbocycles. The molecule has 114 valence electrons. The summed E-state index contributed by atoms with van der Waals surface area (Å²) in [6.45, 7) is 5.41. The van der Waals surface area contributed by atoms with Crippen LogP contribution in [-0.2, 0) is 0 Å². The Balaban J connectivity index is 1.72. The van der Waals surface area contributed by atoms with Crippen LogP contribution in [-0.4, -0.2) is 11.7 Å². The molecule has 20 heavy (non-hydrogen) atoms. The zero-order valence-corrected chi connectivity index (χ0v) is 13.5. The van der Waals surface area contributed by atoms with Gasteiger partial charge in [-0.2, -0.15) is 0 Å². The van der Waals surface area contributed by atoms with Gasteiger partial charge in [0.05, 0.1) is 0 Å². The summed E-state index contributed by atoms with van der Waals surface area (Å²) in [7, 11) is 0. The van der Waals surface area contributed by atoms with E-state index in [0.717, 1.165) is 23.2 Å². The van der Waals surface area contributed by atoms with Crippen LogP contribution in [0.1, 0.15) is 78.1 Å². The Morgan fingerprint density at radius 2 is 1.70 bits per heavy atom. The second-order valence-corrected chi connectivity index (χ2v) is 9.36. The Hall–Kier alpha value is -0.0400. The van der Waals surface area contributed by atoms with Gasteiger partial charge in [0.15, 0.2) is 0 Å². The summed E-state index contributed by atoms with van der Waals surface area (Å²) in [6.07, 6.45) is 14.5. The minimum atomic E-state index is 0.212. The SMILES string of the molecule is CC1(CO)CCC[C@@]2(C)[C@H]1CC[C@@]13CC[C@H](CC[C@@H]12)C3. The fraction of sp³-hybridized carbons (Fsp3) is 1.00. The van der Waals surface area contributed by atoms with Gasteiger partial charge in [0.2, 0.25) is 0 Å². The molecule has 1 spiro atoms. The quantitative estimate of drug-likeness (QED) is 0.730. The van der Waals surface area contributed by atoms with Gasteiger partial charge in [0.25, 0.3) is 0 Å². The first kappa shape index (κ1) is 13.6. The van der Waals surface area contributed by atoms with Crippen LogP contribution in [0, 0.1) is 34.0 Å². The van der Waals surface area contributed by atoms with Gasteiger partial charge >= 0.3 is 0 Å². The summed E-state index contributed by atoms with van der Waals surface area (Å²) in [5.74, 6) is 2.82. The zero-order chi connectivity index (χ0) is 14.0. The molecule has 0 heterocycles. The summed E-state index contributed by atoms with van der Waals surface area (Å²) in [5, 5.41) is 10.0. The summed E-state index contributed by atoms with van der Waals surface area (Å²) in [4.78, 5) is 0. The van der Waals surface area contributed by atoms with Crippen LogP contribution in [0.3, 0.4) is 0 Å². The van der Waals surface area contributed by atoms with E-state index < -0.39 is 0 Å². The predicted octanol–water partition coefficient (Wildman–Crippen LogP) is 4.78. The zero-order valence-electron chi connectivity index (χ0n) is 13.5. The molecule has 0 aliphatic heterocycles. The van der Waals surface area contributed by atoms with Crippen molar-refractivity contribution in [1.82, 2.24) is 0 Å². The van der Waals surface area contributed by atoms with E-state index in [1.165, 1.54) is 57.8 Å². The van der Waals surface area contributed by atoms with Gasteiger partial charge in [-0.15, -0.1) is 0 Å². The molecule has 4 saturated carbocycles. The highest BCUT2D eigenvalue weighted by molar-refractivity contribution is 5.12. The second-order valence-electron chi connectivity index (χ2n) is 9.36. The molecular weight excluding hydrogens is 244 g/mol. The normalized spacial score (nSPS) is 58.0. The Morgan fingerprint density at radius 1 is 0.900 bits per heavy atom. The molecule has 4 aliphatic rings. The molecule has 4 rings (SSSR count). The molecule has 0 radical (unpaired) electrons. The van der Waals surface area contributed by atoms with E-state index in [-0.39, 0.29) is 5.41 Å². The van der Waals surface area contributed by atoms with E-state index in [1.807, 2.05) is 0 Å². The molecule has 1 N–H and O–H groups in total. The second kappa shape index (κ2) is 4.24. The standard InChI is InChI=1S/C19H32O/c1-17(13-20)8-3-9-18(2)15(17)7-11-19-10-6-14(12-19)4-5-16(18)19/h14-16,20H,3-13H2,1-2H3/t14-,15-,16+,17?,18-,19+/m0/s1. The van der Waals surface area contributed by atoms with Gasteiger partial charge in [-0.3, -0.25) is 0 Å². The molecule has 2 bridgehead atoms. The lowest BCUT2D eigenvalue weighted by Crippen LogP contribution is -2.57. The first-order valence-corrected chi connectivity index (χ1v) is 9.13. The molecule has 0 amide bonds. The number of fused-ring (bicyclic) bond motifs is 3. The van der Waals surface area contributed by atoms with Crippen molar-refractivity contribution >= 4 is 0 Å². The minimum Gasteiger partial charge on any atom is -0.396 e. The third kappa shape index (κ3) is 1.59. The van der Waals surface area contributed by atoms with E-state index in [9.17, 15) is 5.11 Å². The predicted molar refractivity (Wildman–Crippen MR) is 82.4 cm³/mol. The van der Waals surface area contributed by atoms with E-state index in [4.69, 9.17) is 0 Å². The van der Waals surface area contributed by atoms with Crippen molar-refractivity contribution in [2.24, 2.45) is 34.0 Å². The fourth-order valence-electron chi connectivity index (χ4n) is 7.71. The van der Waals surface area contributed by atoms with Crippen LogP contribution in [0.2, 0.25) is 0 Å². The van der Waals surface area contributed by atoms with Crippen molar-refractivity contribution in [3.8, 4) is 0 Å². The maximum atomic E-state index is 10.0. The smallest absolute Gasteiger partial charge is 0.0487 e. The van der Waals surface area contributed by atoms with Gasteiger partial charge < -0.3 is 5.11 Å². The topological polar surface area (TPSA) is 20.2 Å². The van der Waals surface area contributed by atoms with Gasteiger partial charge in [-0.1, -0.05) is 26.7 Å². The number of aliphatic hydroxyl groups is 1. The third-order valence-electron chi connectivity index (χ3n) is 8.54. The Kier molecular flexibility index (Phi) is 2.89. The highest BCUT2D eigenvalue weighted by Gasteiger charge is 2.62. The summed E-state index contributed by atoms with van der Waals surface area (Å²) < 4.78 is 0. The van der Waals surface area contributed by atoms with Gasteiger partial charge in [-0.25, -0.2) is 0 Å². The van der Waals surface area contributed by atoms with Crippen LogP contribution in [0.4, 0.5) is 0 Å². The van der Waals surface area contributed by atoms with Crippen molar-refractivity contribution in [1.29, 1.82) is 0 Å². The molecule has 0 aromatic heterocycles. The van der Waals surface area contributed by atoms with Crippen LogP contribution in [0.15, 0.2) is 0 Å². The summed E-state index contributed by atoms with van der Waals surface area (Å²) >= 11 is 0. The van der Waals surface area contributed by atoms with Gasteiger partial charge in [-0.05, 0) is 85.4 Å².